The Bertz CT molecular complexity index is 528. The van der Waals surface area contributed by atoms with E-state index >= 15 is 0 Å². The van der Waals surface area contributed by atoms with Gasteiger partial charge < -0.3 is 10.4 Å². The van der Waals surface area contributed by atoms with Crippen LogP contribution in [0.2, 0.25) is 0 Å². The normalized spacial score (nSPS) is 11.5. The Kier molecular flexibility index (Phi) is 4.62. The molecule has 0 saturated carbocycles. The number of aromatic nitrogens is 1. The van der Waals surface area contributed by atoms with E-state index in [1.165, 1.54) is 32.4 Å². The minimum absolute atomic E-state index is 0.0137. The van der Waals surface area contributed by atoms with Crippen LogP contribution in [0.15, 0.2) is 18.3 Å². The molecule has 8 heteroatoms. The minimum Gasteiger partial charge on any atom is -0.478 e. The van der Waals surface area contributed by atoms with Gasteiger partial charge >= 0.3 is 5.97 Å². The molecular weight excluding hydrogens is 258 g/mol. The summed E-state index contributed by atoms with van der Waals surface area (Å²) in [7, 11) is -0.419. The van der Waals surface area contributed by atoms with Crippen LogP contribution < -0.4 is 5.32 Å². The smallest absolute Gasteiger partial charge is 0.339 e. The lowest BCUT2D eigenvalue weighted by Gasteiger charge is -2.12. The van der Waals surface area contributed by atoms with Crippen molar-refractivity contribution in [2.45, 2.75) is 0 Å². The Balaban J connectivity index is 2.68. The summed E-state index contributed by atoms with van der Waals surface area (Å²) in [6.07, 6.45) is 1.44. The third-order valence-electron chi connectivity index (χ3n) is 2.25. The van der Waals surface area contributed by atoms with Crippen LogP contribution in [0.1, 0.15) is 10.4 Å². The molecule has 0 fully saturated rings. The SMILES string of the molecule is CN(C)S(=O)(=O)CCNc1ncccc1C(=O)O. The fourth-order valence-electron chi connectivity index (χ4n) is 1.20. The molecule has 100 valence electrons. The van der Waals surface area contributed by atoms with Gasteiger partial charge in [0.15, 0.2) is 0 Å². The van der Waals surface area contributed by atoms with Crippen LogP contribution in [0.5, 0.6) is 0 Å². The molecule has 0 spiro atoms. The van der Waals surface area contributed by atoms with Crippen molar-refractivity contribution in [1.82, 2.24) is 9.29 Å². The average molecular weight is 273 g/mol. The Labute approximate surface area is 106 Å². The van der Waals surface area contributed by atoms with Gasteiger partial charge in [-0.2, -0.15) is 0 Å². The first kappa shape index (κ1) is 14.4. The van der Waals surface area contributed by atoms with Gasteiger partial charge in [-0.05, 0) is 12.1 Å². The van der Waals surface area contributed by atoms with Crippen LogP contribution in [0.25, 0.3) is 0 Å². The second-order valence-electron chi connectivity index (χ2n) is 3.73. The first-order chi connectivity index (χ1) is 8.34. The fourth-order valence-corrected chi connectivity index (χ4v) is 1.92. The Morgan fingerprint density at radius 2 is 2.17 bits per heavy atom. The van der Waals surface area contributed by atoms with Gasteiger partial charge in [-0.1, -0.05) is 0 Å². The van der Waals surface area contributed by atoms with E-state index in [-0.39, 0.29) is 23.7 Å². The van der Waals surface area contributed by atoms with Crippen molar-refractivity contribution in [3.63, 3.8) is 0 Å². The summed E-state index contributed by atoms with van der Waals surface area (Å²) in [6.45, 7) is 0.0950. The maximum atomic E-state index is 11.5. The van der Waals surface area contributed by atoms with E-state index in [0.717, 1.165) is 4.31 Å². The van der Waals surface area contributed by atoms with Crippen LogP contribution in [0.3, 0.4) is 0 Å². The molecule has 7 nitrogen and oxygen atoms in total. The second kappa shape index (κ2) is 5.78. The number of pyridine rings is 1. The Morgan fingerprint density at radius 1 is 1.50 bits per heavy atom. The number of hydrogen-bond acceptors (Lipinski definition) is 5. The number of hydrogen-bond donors (Lipinski definition) is 2. The highest BCUT2D eigenvalue weighted by Gasteiger charge is 2.14. The zero-order valence-corrected chi connectivity index (χ0v) is 10.9. The monoisotopic (exact) mass is 273 g/mol. The third kappa shape index (κ3) is 3.67. The molecule has 0 unspecified atom stereocenters. The summed E-state index contributed by atoms with van der Waals surface area (Å²) in [5.41, 5.74) is 0.0137. The van der Waals surface area contributed by atoms with Crippen LogP contribution in [-0.4, -0.2) is 55.2 Å². The lowest BCUT2D eigenvalue weighted by atomic mass is 10.2. The number of rotatable bonds is 6. The molecule has 0 saturated heterocycles. The number of carbonyl (C=O) groups is 1. The molecule has 0 bridgehead atoms. The molecule has 1 aromatic heterocycles. The topological polar surface area (TPSA) is 99.6 Å². The number of carboxylic acids is 1. The van der Waals surface area contributed by atoms with Gasteiger partial charge in [-0.15, -0.1) is 0 Å². The van der Waals surface area contributed by atoms with Crippen LogP contribution in [0, 0.1) is 0 Å². The molecule has 1 rings (SSSR count). The van der Waals surface area contributed by atoms with E-state index < -0.39 is 16.0 Å². The van der Waals surface area contributed by atoms with Crippen molar-refractivity contribution in [3.8, 4) is 0 Å². The van der Waals surface area contributed by atoms with Crippen molar-refractivity contribution >= 4 is 21.8 Å². The number of nitrogens with one attached hydrogen (secondary N) is 1. The van der Waals surface area contributed by atoms with Crippen molar-refractivity contribution in [1.29, 1.82) is 0 Å². The van der Waals surface area contributed by atoms with E-state index in [1.807, 2.05) is 0 Å². The van der Waals surface area contributed by atoms with E-state index in [2.05, 4.69) is 10.3 Å². The largest absolute Gasteiger partial charge is 0.478 e. The van der Waals surface area contributed by atoms with Crippen LogP contribution in [-0.2, 0) is 10.0 Å². The molecule has 1 heterocycles. The standard InChI is InChI=1S/C10H15N3O4S/c1-13(2)18(16,17)7-6-12-9-8(10(14)15)4-3-5-11-9/h3-5H,6-7H2,1-2H3,(H,11,12)(H,14,15). The van der Waals surface area contributed by atoms with Crippen LogP contribution in [0.4, 0.5) is 5.82 Å². The third-order valence-corrected chi connectivity index (χ3v) is 4.08. The molecule has 0 aliphatic carbocycles. The summed E-state index contributed by atoms with van der Waals surface area (Å²) in [6, 6.07) is 2.91. The summed E-state index contributed by atoms with van der Waals surface area (Å²) in [5, 5.41) is 11.6. The maximum absolute atomic E-state index is 11.5. The lowest BCUT2D eigenvalue weighted by molar-refractivity contribution is 0.0697. The minimum atomic E-state index is -3.31. The number of aromatic carboxylic acids is 1. The summed E-state index contributed by atoms with van der Waals surface area (Å²) >= 11 is 0. The maximum Gasteiger partial charge on any atom is 0.339 e. The molecule has 0 amide bonds. The Hall–Kier alpha value is -1.67. The van der Waals surface area contributed by atoms with Gasteiger partial charge in [-0.3, -0.25) is 0 Å². The second-order valence-corrected chi connectivity index (χ2v) is 6.03. The predicted molar refractivity (Wildman–Crippen MR) is 67.2 cm³/mol. The Morgan fingerprint density at radius 3 is 2.72 bits per heavy atom. The molecule has 0 aromatic carbocycles. The van der Waals surface area contributed by atoms with Gasteiger partial charge in [0.05, 0.1) is 5.75 Å². The van der Waals surface area contributed by atoms with E-state index in [0.29, 0.717) is 0 Å². The first-order valence-electron chi connectivity index (χ1n) is 5.17. The van der Waals surface area contributed by atoms with Crippen LogP contribution >= 0.6 is 0 Å². The zero-order valence-electron chi connectivity index (χ0n) is 10.1. The van der Waals surface area contributed by atoms with Gasteiger partial charge in [-0.25, -0.2) is 22.5 Å². The zero-order chi connectivity index (χ0) is 13.8. The molecule has 18 heavy (non-hydrogen) atoms. The average Bonchev–Trinajstić information content (AvgIpc) is 2.29. The number of nitrogens with zero attached hydrogens (tertiary/aromatic N) is 2. The van der Waals surface area contributed by atoms with Crippen molar-refractivity contribution < 1.29 is 18.3 Å². The highest BCUT2D eigenvalue weighted by atomic mass is 32.2. The molecule has 1 aromatic rings. The van der Waals surface area contributed by atoms with Gasteiger partial charge in [0.25, 0.3) is 0 Å². The van der Waals surface area contributed by atoms with E-state index in [4.69, 9.17) is 5.11 Å². The highest BCUT2D eigenvalue weighted by Crippen LogP contribution is 2.10. The van der Waals surface area contributed by atoms with Gasteiger partial charge in [0.2, 0.25) is 10.0 Å². The summed E-state index contributed by atoms with van der Waals surface area (Å²) in [4.78, 5) is 14.7. The van der Waals surface area contributed by atoms with E-state index in [1.54, 1.807) is 0 Å². The molecule has 0 aliphatic heterocycles. The molecule has 0 atom stereocenters. The lowest BCUT2D eigenvalue weighted by Crippen LogP contribution is -2.28. The van der Waals surface area contributed by atoms with Gasteiger partial charge in [0.1, 0.15) is 11.4 Å². The molecule has 0 aliphatic rings. The quantitative estimate of drug-likeness (QED) is 0.761. The van der Waals surface area contributed by atoms with Gasteiger partial charge in [0, 0.05) is 26.8 Å². The highest BCUT2D eigenvalue weighted by molar-refractivity contribution is 7.89. The summed E-state index contributed by atoms with van der Waals surface area (Å²) in [5.74, 6) is -1.07. The molecule has 2 N–H and O–H groups in total. The van der Waals surface area contributed by atoms with Crippen molar-refractivity contribution in [2.75, 3.05) is 31.7 Å². The number of anilines is 1. The molecular formula is C10H15N3O4S. The summed E-state index contributed by atoms with van der Waals surface area (Å²) < 4.78 is 24.1. The predicted octanol–water partition coefficient (Wildman–Crippen LogP) is 0.0831. The number of carboxylic acid groups (broad SMARTS) is 1. The van der Waals surface area contributed by atoms with Crippen molar-refractivity contribution in [3.05, 3.63) is 23.9 Å². The fraction of sp³-hybridized carbons (Fsp3) is 0.400. The number of sulfonamides is 1. The van der Waals surface area contributed by atoms with E-state index in [9.17, 15) is 13.2 Å². The first-order valence-corrected chi connectivity index (χ1v) is 6.78. The molecule has 0 radical (unpaired) electrons. The van der Waals surface area contributed by atoms with Crippen molar-refractivity contribution in [2.24, 2.45) is 0 Å².